The van der Waals surface area contributed by atoms with Gasteiger partial charge in [0.25, 0.3) is 0 Å². The van der Waals surface area contributed by atoms with E-state index < -0.39 is 17.7 Å². The van der Waals surface area contributed by atoms with E-state index in [0.717, 1.165) is 25.7 Å². The van der Waals surface area contributed by atoms with Crippen molar-refractivity contribution in [3.63, 3.8) is 0 Å². The Morgan fingerprint density at radius 1 is 0.938 bits per heavy atom. The third kappa shape index (κ3) is 3.98. The maximum absolute atomic E-state index is 14.5. The van der Waals surface area contributed by atoms with Crippen LogP contribution in [-0.4, -0.2) is 35.7 Å². The van der Waals surface area contributed by atoms with Crippen molar-refractivity contribution in [2.75, 3.05) is 24.5 Å². The van der Waals surface area contributed by atoms with Gasteiger partial charge in [0.15, 0.2) is 0 Å². The van der Waals surface area contributed by atoms with E-state index in [1.165, 1.54) is 22.6 Å². The summed E-state index contributed by atoms with van der Waals surface area (Å²) >= 11 is 0. The van der Waals surface area contributed by atoms with Crippen molar-refractivity contribution < 1.29 is 18.7 Å². The maximum atomic E-state index is 14.5. The fourth-order valence-electron chi connectivity index (χ4n) is 5.11. The number of nitrogens with zero attached hydrogens (tertiary/aromatic N) is 2. The maximum Gasteiger partial charge on any atom is 0.411 e. The summed E-state index contributed by atoms with van der Waals surface area (Å²) in [5.74, 6) is -0.109. The van der Waals surface area contributed by atoms with Crippen molar-refractivity contribution in [3.8, 4) is 11.1 Å². The Kier molecular flexibility index (Phi) is 5.39. The third-order valence-corrected chi connectivity index (χ3v) is 6.74. The molecular formula is C26H24F2N2O2. The lowest BCUT2D eigenvalue weighted by molar-refractivity contribution is 0.200. The zero-order valence-electron chi connectivity index (χ0n) is 17.5. The first-order valence-electron chi connectivity index (χ1n) is 10.8. The van der Waals surface area contributed by atoms with Crippen LogP contribution in [-0.2, 0) is 6.54 Å². The van der Waals surface area contributed by atoms with E-state index in [1.807, 2.05) is 18.2 Å². The molecule has 0 spiro atoms. The van der Waals surface area contributed by atoms with Crippen LogP contribution >= 0.6 is 0 Å². The summed E-state index contributed by atoms with van der Waals surface area (Å²) < 4.78 is 27.8. The second kappa shape index (κ2) is 8.36. The number of anilines is 1. The number of fused-ring (bicyclic) bond motifs is 1. The molecule has 2 atom stereocenters. The zero-order valence-corrected chi connectivity index (χ0v) is 17.5. The summed E-state index contributed by atoms with van der Waals surface area (Å²) in [6.07, 6.45) is -1.06. The molecule has 2 fully saturated rings. The lowest BCUT2D eigenvalue weighted by Crippen LogP contribution is -2.34. The van der Waals surface area contributed by atoms with E-state index in [1.54, 1.807) is 24.3 Å². The highest BCUT2D eigenvalue weighted by molar-refractivity contribution is 5.93. The molecule has 5 rings (SSSR count). The molecule has 1 N–H and O–H groups in total. The second-order valence-electron chi connectivity index (χ2n) is 8.71. The molecule has 3 aromatic rings. The fourth-order valence-corrected chi connectivity index (χ4v) is 5.11. The van der Waals surface area contributed by atoms with Gasteiger partial charge in [-0.15, -0.1) is 0 Å². The third-order valence-electron chi connectivity index (χ3n) is 6.74. The quantitative estimate of drug-likeness (QED) is 0.558. The number of para-hydroxylation sites is 1. The first-order valence-corrected chi connectivity index (χ1v) is 10.8. The molecule has 0 radical (unpaired) electrons. The van der Waals surface area contributed by atoms with Crippen LogP contribution < -0.4 is 4.90 Å². The molecule has 2 aliphatic rings. The van der Waals surface area contributed by atoms with Crippen molar-refractivity contribution in [1.29, 1.82) is 0 Å². The van der Waals surface area contributed by atoms with Gasteiger partial charge in [-0.05, 0) is 41.5 Å². The number of carbonyl (C=O) groups is 1. The highest BCUT2D eigenvalue weighted by Gasteiger charge is 2.56. The molecule has 32 heavy (non-hydrogen) atoms. The van der Waals surface area contributed by atoms with Crippen LogP contribution in [0.4, 0.5) is 19.3 Å². The predicted molar refractivity (Wildman–Crippen MR) is 119 cm³/mol. The van der Waals surface area contributed by atoms with Gasteiger partial charge in [0.1, 0.15) is 11.6 Å². The Bertz CT molecular complexity index is 1130. The Hall–Kier alpha value is -3.25. The van der Waals surface area contributed by atoms with Gasteiger partial charge in [0, 0.05) is 43.4 Å². The van der Waals surface area contributed by atoms with Gasteiger partial charge in [0.2, 0.25) is 0 Å². The Morgan fingerprint density at radius 3 is 2.31 bits per heavy atom. The number of amides is 1. The summed E-state index contributed by atoms with van der Waals surface area (Å²) in [6, 6.07) is 20.6. The van der Waals surface area contributed by atoms with Crippen LogP contribution in [0.1, 0.15) is 5.56 Å². The van der Waals surface area contributed by atoms with Crippen LogP contribution in [0.5, 0.6) is 0 Å². The summed E-state index contributed by atoms with van der Waals surface area (Å²) in [4.78, 5) is 15.9. The monoisotopic (exact) mass is 434 g/mol. The smallest absolute Gasteiger partial charge is 0.411 e. The molecule has 6 heteroatoms. The molecule has 0 aromatic heterocycles. The molecular weight excluding hydrogens is 410 g/mol. The normalized spacial score (nSPS) is 21.9. The summed E-state index contributed by atoms with van der Waals surface area (Å²) in [6.45, 7) is 3.22. The van der Waals surface area contributed by atoms with E-state index >= 15 is 0 Å². The van der Waals surface area contributed by atoms with Crippen molar-refractivity contribution in [2.45, 2.75) is 6.54 Å². The highest BCUT2D eigenvalue weighted by atomic mass is 19.1. The van der Waals surface area contributed by atoms with Gasteiger partial charge < -0.3 is 5.11 Å². The molecule has 1 amide bonds. The summed E-state index contributed by atoms with van der Waals surface area (Å²) in [7, 11) is 0. The van der Waals surface area contributed by atoms with E-state index in [9.17, 15) is 18.7 Å². The molecule has 1 saturated carbocycles. The van der Waals surface area contributed by atoms with Gasteiger partial charge >= 0.3 is 6.09 Å². The summed E-state index contributed by atoms with van der Waals surface area (Å²) in [5.41, 5.74) is 2.35. The standard InChI is InChI=1S/C26H24F2N2O2/c27-18-10-11-19(24(28)12-18)20-8-4-5-9-25(20)30(26(31)32)16-23-21-14-29(15-22(21)23)13-17-6-2-1-3-7-17/h1-12,21-23H,13-16H2,(H,31,32). The zero-order chi connectivity index (χ0) is 22.2. The van der Waals surface area contributed by atoms with E-state index in [0.29, 0.717) is 35.5 Å². The molecule has 2 unspecified atom stereocenters. The van der Waals surface area contributed by atoms with E-state index in [2.05, 4.69) is 17.0 Å². The molecule has 3 aromatic carbocycles. The number of rotatable bonds is 6. The van der Waals surface area contributed by atoms with Gasteiger partial charge in [0.05, 0.1) is 5.69 Å². The SMILES string of the molecule is O=C(O)N(CC1C2CN(Cc3ccccc3)CC21)c1ccccc1-c1ccc(F)cc1F. The number of carboxylic acid groups (broad SMARTS) is 1. The molecule has 1 heterocycles. The number of hydrogen-bond acceptors (Lipinski definition) is 2. The predicted octanol–water partition coefficient (Wildman–Crippen LogP) is 5.49. The highest BCUT2D eigenvalue weighted by Crippen LogP contribution is 2.52. The molecule has 1 aliphatic carbocycles. The summed E-state index contributed by atoms with van der Waals surface area (Å²) in [5, 5.41) is 9.96. The van der Waals surface area contributed by atoms with Gasteiger partial charge in [-0.2, -0.15) is 0 Å². The minimum atomic E-state index is -1.06. The average molecular weight is 434 g/mol. The molecule has 0 bridgehead atoms. The van der Waals surface area contributed by atoms with Crippen molar-refractivity contribution in [1.82, 2.24) is 4.90 Å². The van der Waals surface area contributed by atoms with Crippen molar-refractivity contribution >= 4 is 11.8 Å². The Labute approximate surface area is 185 Å². The number of piperidine rings is 1. The van der Waals surface area contributed by atoms with E-state index in [-0.39, 0.29) is 5.56 Å². The van der Waals surface area contributed by atoms with Crippen LogP contribution in [0, 0.1) is 29.4 Å². The lowest BCUT2D eigenvalue weighted by Gasteiger charge is -2.25. The number of hydrogen-bond donors (Lipinski definition) is 1. The van der Waals surface area contributed by atoms with Crippen LogP contribution in [0.25, 0.3) is 11.1 Å². The Morgan fingerprint density at radius 2 is 1.62 bits per heavy atom. The number of benzene rings is 3. The van der Waals surface area contributed by atoms with E-state index in [4.69, 9.17) is 0 Å². The van der Waals surface area contributed by atoms with Gasteiger partial charge in [-0.3, -0.25) is 9.80 Å². The fraction of sp³-hybridized carbons (Fsp3) is 0.269. The van der Waals surface area contributed by atoms with Crippen LogP contribution in [0.3, 0.4) is 0 Å². The second-order valence-corrected chi connectivity index (χ2v) is 8.71. The molecule has 164 valence electrons. The largest absolute Gasteiger partial charge is 0.465 e. The molecule has 4 nitrogen and oxygen atoms in total. The topological polar surface area (TPSA) is 43.8 Å². The van der Waals surface area contributed by atoms with Gasteiger partial charge in [-0.25, -0.2) is 13.6 Å². The minimum Gasteiger partial charge on any atom is -0.465 e. The lowest BCUT2D eigenvalue weighted by atomic mass is 10.0. The van der Waals surface area contributed by atoms with Crippen LogP contribution in [0.2, 0.25) is 0 Å². The van der Waals surface area contributed by atoms with Crippen molar-refractivity contribution in [2.24, 2.45) is 17.8 Å². The van der Waals surface area contributed by atoms with Crippen LogP contribution in [0.15, 0.2) is 72.8 Å². The number of halogens is 2. The van der Waals surface area contributed by atoms with Gasteiger partial charge in [-0.1, -0.05) is 48.5 Å². The average Bonchev–Trinajstić information content (AvgIpc) is 3.22. The molecule has 1 aliphatic heterocycles. The minimum absolute atomic E-state index is 0.193. The first-order chi connectivity index (χ1) is 15.5. The van der Waals surface area contributed by atoms with Crippen molar-refractivity contribution in [3.05, 3.63) is 90.0 Å². The number of likely N-dealkylation sites (tertiary alicyclic amines) is 1. The molecule has 1 saturated heterocycles. The Balaban J connectivity index is 1.31. The first kappa shape index (κ1) is 20.6.